The van der Waals surface area contributed by atoms with Crippen LogP contribution in [-0.2, 0) is 0 Å². The maximum atomic E-state index is 7.12. The third kappa shape index (κ3) is 2.46. The van der Waals surface area contributed by atoms with Crippen LogP contribution in [-0.4, -0.2) is 30.9 Å². The second-order valence-corrected chi connectivity index (χ2v) is 2.34. The lowest BCUT2D eigenvalue weighted by atomic mass is 10.2. The van der Waals surface area contributed by atoms with Gasteiger partial charge in [0.1, 0.15) is 5.84 Å². The number of hydrogen-bond acceptors (Lipinski definition) is 2. The molecule has 0 radical (unpaired) electrons. The Kier molecular flexibility index (Phi) is 3.24. The summed E-state index contributed by atoms with van der Waals surface area (Å²) in [6.07, 6.45) is 0.905. The Labute approximate surface area is 56.3 Å². The van der Waals surface area contributed by atoms with Crippen molar-refractivity contribution in [2.75, 3.05) is 14.1 Å². The molecular weight excluding hydrogens is 114 g/mol. The van der Waals surface area contributed by atoms with Gasteiger partial charge in [-0.05, 0) is 20.5 Å². The highest BCUT2D eigenvalue weighted by molar-refractivity contribution is 5.82. The van der Waals surface area contributed by atoms with Crippen molar-refractivity contribution in [1.82, 2.24) is 4.90 Å². The lowest BCUT2D eigenvalue weighted by Crippen LogP contribution is -2.39. The predicted octanol–water partition coefficient (Wildman–Crippen LogP) is 0.263. The molecule has 0 aromatic heterocycles. The number of amidine groups is 1. The Bertz CT molecular complexity index is 98.5. The molecule has 0 aromatic rings. The molecule has 3 N–H and O–H groups in total. The van der Waals surface area contributed by atoms with Crippen molar-refractivity contribution in [3.8, 4) is 0 Å². The van der Waals surface area contributed by atoms with Gasteiger partial charge >= 0.3 is 0 Å². The number of nitrogens with zero attached hydrogens (tertiary/aromatic N) is 1. The Hall–Kier alpha value is -0.570. The molecule has 0 bridgehead atoms. The zero-order valence-electron chi connectivity index (χ0n) is 6.31. The summed E-state index contributed by atoms with van der Waals surface area (Å²) in [5.74, 6) is 0.252. The van der Waals surface area contributed by atoms with Crippen LogP contribution < -0.4 is 5.73 Å². The van der Waals surface area contributed by atoms with E-state index in [2.05, 4.69) is 0 Å². The fraction of sp³-hybridized carbons (Fsp3) is 0.833. The minimum absolute atomic E-state index is 0.116. The molecule has 0 fully saturated rings. The van der Waals surface area contributed by atoms with Crippen molar-refractivity contribution < 1.29 is 0 Å². The van der Waals surface area contributed by atoms with Crippen LogP contribution in [0.15, 0.2) is 0 Å². The van der Waals surface area contributed by atoms with Crippen LogP contribution in [0.25, 0.3) is 0 Å². The van der Waals surface area contributed by atoms with Crippen molar-refractivity contribution in [3.05, 3.63) is 0 Å². The van der Waals surface area contributed by atoms with Gasteiger partial charge in [0.05, 0.1) is 6.04 Å². The number of nitrogens with one attached hydrogen (secondary N) is 1. The normalized spacial score (nSPS) is 13.8. The highest BCUT2D eigenvalue weighted by Gasteiger charge is 2.10. The molecule has 54 valence electrons. The first-order chi connectivity index (χ1) is 4.09. The largest absolute Gasteiger partial charge is 0.386 e. The van der Waals surface area contributed by atoms with E-state index in [-0.39, 0.29) is 11.9 Å². The summed E-state index contributed by atoms with van der Waals surface area (Å²) < 4.78 is 0. The SMILES string of the molecule is CCC(C(=N)N)N(C)C. The van der Waals surface area contributed by atoms with Crippen LogP contribution in [0.2, 0.25) is 0 Å². The van der Waals surface area contributed by atoms with Crippen LogP contribution in [0.1, 0.15) is 13.3 Å². The Morgan fingerprint density at radius 2 is 2.11 bits per heavy atom. The fourth-order valence-electron chi connectivity index (χ4n) is 0.863. The molecule has 0 spiro atoms. The van der Waals surface area contributed by atoms with E-state index in [4.69, 9.17) is 11.1 Å². The van der Waals surface area contributed by atoms with E-state index in [0.717, 1.165) is 6.42 Å². The quantitative estimate of drug-likeness (QED) is 0.424. The molecule has 0 saturated carbocycles. The Morgan fingerprint density at radius 3 is 2.11 bits per heavy atom. The van der Waals surface area contributed by atoms with Crippen molar-refractivity contribution in [1.29, 1.82) is 5.41 Å². The maximum absolute atomic E-state index is 7.12. The zero-order chi connectivity index (χ0) is 7.44. The third-order valence-corrected chi connectivity index (χ3v) is 1.37. The topological polar surface area (TPSA) is 53.1 Å². The zero-order valence-corrected chi connectivity index (χ0v) is 6.31. The molecule has 0 aliphatic carbocycles. The average molecular weight is 129 g/mol. The third-order valence-electron chi connectivity index (χ3n) is 1.37. The van der Waals surface area contributed by atoms with E-state index in [0.29, 0.717) is 0 Å². The lowest BCUT2D eigenvalue weighted by Gasteiger charge is -2.20. The van der Waals surface area contributed by atoms with Crippen LogP contribution in [0.4, 0.5) is 0 Å². The van der Waals surface area contributed by atoms with Gasteiger partial charge in [-0.15, -0.1) is 0 Å². The molecule has 0 rings (SSSR count). The van der Waals surface area contributed by atoms with Gasteiger partial charge < -0.3 is 5.73 Å². The first-order valence-corrected chi connectivity index (χ1v) is 3.10. The summed E-state index contributed by atoms with van der Waals surface area (Å²) >= 11 is 0. The van der Waals surface area contributed by atoms with Crippen LogP contribution >= 0.6 is 0 Å². The second kappa shape index (κ2) is 3.45. The molecule has 0 heterocycles. The van der Waals surface area contributed by atoms with Gasteiger partial charge in [0.15, 0.2) is 0 Å². The highest BCUT2D eigenvalue weighted by Crippen LogP contribution is 1.96. The molecule has 1 unspecified atom stereocenters. The molecule has 3 heteroatoms. The predicted molar refractivity (Wildman–Crippen MR) is 39.7 cm³/mol. The van der Waals surface area contributed by atoms with Crippen LogP contribution in [0, 0.1) is 5.41 Å². The van der Waals surface area contributed by atoms with E-state index in [1.54, 1.807) is 0 Å². The van der Waals surface area contributed by atoms with Gasteiger partial charge in [-0.2, -0.15) is 0 Å². The highest BCUT2D eigenvalue weighted by atomic mass is 15.1. The summed E-state index contributed by atoms with van der Waals surface area (Å²) in [6.45, 7) is 2.02. The summed E-state index contributed by atoms with van der Waals surface area (Å²) in [6, 6.07) is 0.116. The van der Waals surface area contributed by atoms with E-state index in [1.807, 2.05) is 25.9 Å². The van der Waals surface area contributed by atoms with Crippen LogP contribution in [0.3, 0.4) is 0 Å². The maximum Gasteiger partial charge on any atom is 0.108 e. The fourth-order valence-corrected chi connectivity index (χ4v) is 0.863. The van der Waals surface area contributed by atoms with Gasteiger partial charge in [-0.3, -0.25) is 10.3 Å². The summed E-state index contributed by atoms with van der Waals surface area (Å²) in [5.41, 5.74) is 5.29. The standard InChI is InChI=1S/C6H15N3/c1-4-5(6(7)8)9(2)3/h5H,4H2,1-3H3,(H3,7,8). The van der Waals surface area contributed by atoms with Gasteiger partial charge in [0.25, 0.3) is 0 Å². The molecule has 0 aliphatic heterocycles. The molecular formula is C6H15N3. The molecule has 0 amide bonds. The molecule has 0 aliphatic rings. The number of rotatable bonds is 3. The van der Waals surface area contributed by atoms with Gasteiger partial charge in [-0.25, -0.2) is 0 Å². The number of likely N-dealkylation sites (N-methyl/N-ethyl adjacent to an activating group) is 1. The number of hydrogen-bond donors (Lipinski definition) is 2. The number of nitrogens with two attached hydrogens (primary N) is 1. The minimum atomic E-state index is 0.116. The van der Waals surface area contributed by atoms with Gasteiger partial charge in [0, 0.05) is 0 Å². The van der Waals surface area contributed by atoms with Gasteiger partial charge in [-0.1, -0.05) is 6.92 Å². The van der Waals surface area contributed by atoms with Crippen molar-refractivity contribution in [2.45, 2.75) is 19.4 Å². The first-order valence-electron chi connectivity index (χ1n) is 3.10. The summed E-state index contributed by atoms with van der Waals surface area (Å²) in [7, 11) is 3.85. The first kappa shape index (κ1) is 8.43. The smallest absolute Gasteiger partial charge is 0.108 e. The monoisotopic (exact) mass is 129 g/mol. The van der Waals surface area contributed by atoms with E-state index in [9.17, 15) is 0 Å². The molecule has 0 saturated heterocycles. The second-order valence-electron chi connectivity index (χ2n) is 2.34. The molecule has 9 heavy (non-hydrogen) atoms. The summed E-state index contributed by atoms with van der Waals surface area (Å²) in [5, 5.41) is 7.12. The summed E-state index contributed by atoms with van der Waals surface area (Å²) in [4.78, 5) is 1.95. The Balaban J connectivity index is 3.83. The Morgan fingerprint density at radius 1 is 1.67 bits per heavy atom. The average Bonchev–Trinajstić information content (AvgIpc) is 1.64. The van der Waals surface area contributed by atoms with Gasteiger partial charge in [0.2, 0.25) is 0 Å². The van der Waals surface area contributed by atoms with Crippen LogP contribution in [0.5, 0.6) is 0 Å². The van der Waals surface area contributed by atoms with E-state index >= 15 is 0 Å². The van der Waals surface area contributed by atoms with Crippen molar-refractivity contribution in [2.24, 2.45) is 5.73 Å². The van der Waals surface area contributed by atoms with Crippen molar-refractivity contribution in [3.63, 3.8) is 0 Å². The molecule has 1 atom stereocenters. The van der Waals surface area contributed by atoms with E-state index < -0.39 is 0 Å². The lowest BCUT2D eigenvalue weighted by molar-refractivity contribution is 0.351. The molecule has 3 nitrogen and oxygen atoms in total. The van der Waals surface area contributed by atoms with E-state index in [1.165, 1.54) is 0 Å². The van der Waals surface area contributed by atoms with Crippen molar-refractivity contribution >= 4 is 5.84 Å². The minimum Gasteiger partial charge on any atom is -0.386 e. The molecule has 0 aromatic carbocycles.